The molecule has 0 spiro atoms. The van der Waals surface area contributed by atoms with Crippen molar-refractivity contribution in [1.82, 2.24) is 0 Å². The fourth-order valence-electron chi connectivity index (χ4n) is 0.289. The second-order valence-electron chi connectivity index (χ2n) is 2.12. The molecule has 0 N–H and O–H groups in total. The molecule has 2 radical (unpaired) electrons. The van der Waals surface area contributed by atoms with Gasteiger partial charge in [0.1, 0.15) is 0 Å². The summed E-state index contributed by atoms with van der Waals surface area (Å²) in [6.07, 6.45) is 5.48. The fourth-order valence-corrected chi connectivity index (χ4v) is 1.94. The van der Waals surface area contributed by atoms with E-state index in [0.29, 0.717) is 0 Å². The Kier molecular flexibility index (Phi) is 39.8. The maximum absolute atomic E-state index is 2.21. The largest absolute Gasteiger partial charge is 0 e. The number of unbranched alkanes of at least 4 members (excludes halogenated alkanes) is 2. The molecular weight excluding hydrogens is 464 g/mol. The Morgan fingerprint density at radius 2 is 1.09 bits per heavy atom. The molecule has 0 nitrogen and oxygen atoms in total. The molecule has 0 fully saturated rings. The van der Waals surface area contributed by atoms with Crippen LogP contribution in [-0.2, 0) is 27.3 Å². The summed E-state index contributed by atoms with van der Waals surface area (Å²) in [6, 6.07) is 0. The van der Waals surface area contributed by atoms with Gasteiger partial charge in [-0.2, -0.15) is 0 Å². The summed E-state index contributed by atoms with van der Waals surface area (Å²) in [5.41, 5.74) is 0. The Morgan fingerprint density at radius 1 is 0.818 bits per heavy atom. The van der Waals surface area contributed by atoms with Crippen LogP contribution in [0.3, 0.4) is 0 Å². The van der Waals surface area contributed by atoms with E-state index in [2.05, 4.69) is 58.4 Å². The van der Waals surface area contributed by atoms with E-state index in [-0.39, 0.29) is 27.3 Å². The van der Waals surface area contributed by atoms with Crippen molar-refractivity contribution >= 4 is 44.6 Å². The molecule has 0 saturated heterocycles. The van der Waals surface area contributed by atoms with Gasteiger partial charge < -0.3 is 0 Å². The van der Waals surface area contributed by atoms with Crippen LogP contribution in [-0.4, -0.2) is 44.6 Å². The zero-order valence-corrected chi connectivity index (χ0v) is 16.5. The van der Waals surface area contributed by atoms with Gasteiger partial charge >= 0.3 is 93.1 Å². The minimum atomic E-state index is 0. The molecular formula is C8H18CdTe2. The summed E-state index contributed by atoms with van der Waals surface area (Å²) in [7, 11) is 0. The molecule has 3 heteroatoms. The van der Waals surface area contributed by atoms with Crippen molar-refractivity contribution < 1.29 is 27.3 Å². The third-order valence-electron chi connectivity index (χ3n) is 0.996. The third kappa shape index (κ3) is 32.6. The summed E-state index contributed by atoms with van der Waals surface area (Å²) < 4.78 is 2.71. The first kappa shape index (κ1) is 19.1. The average Bonchev–Trinajstić information content (AvgIpc) is 1.93. The van der Waals surface area contributed by atoms with E-state index >= 15 is 0 Å². The van der Waals surface area contributed by atoms with Gasteiger partial charge in [0, 0.05) is 27.3 Å². The first-order chi connectivity index (χ1) is 4.83. The average molecular weight is 482 g/mol. The Hall–Kier alpha value is 2.50. The normalized spacial score (nSPS) is 7.64. The van der Waals surface area contributed by atoms with E-state index in [1.807, 2.05) is 0 Å². The van der Waals surface area contributed by atoms with Gasteiger partial charge in [0.05, 0.1) is 0 Å². The van der Waals surface area contributed by atoms with E-state index in [9.17, 15) is 0 Å². The topological polar surface area (TPSA) is 0 Å². The summed E-state index contributed by atoms with van der Waals surface area (Å²) >= 11 is 4.31. The molecule has 0 aliphatic rings. The molecule has 0 aromatic heterocycles. The molecule has 0 amide bonds. The number of hydrogen-bond donors (Lipinski definition) is 0. The van der Waals surface area contributed by atoms with E-state index in [1.165, 1.54) is 34.6 Å². The molecule has 0 atom stereocenters. The molecule has 0 saturated carbocycles. The number of rotatable bonds is 4. The van der Waals surface area contributed by atoms with Gasteiger partial charge in [-0.15, -0.1) is 0 Å². The van der Waals surface area contributed by atoms with Gasteiger partial charge in [-0.1, -0.05) is 0 Å². The van der Waals surface area contributed by atoms with Gasteiger partial charge in [-0.3, -0.25) is 0 Å². The predicted octanol–water partition coefficient (Wildman–Crippen LogP) is 2.74. The molecule has 64 valence electrons. The Bertz CT molecular complexity index is 33.1. The van der Waals surface area contributed by atoms with Crippen molar-refractivity contribution in [3.63, 3.8) is 0 Å². The van der Waals surface area contributed by atoms with Gasteiger partial charge in [-0.25, -0.2) is 0 Å². The van der Waals surface area contributed by atoms with Crippen LogP contribution in [0.1, 0.15) is 39.5 Å². The van der Waals surface area contributed by atoms with Gasteiger partial charge in [-0.05, 0) is 0 Å². The van der Waals surface area contributed by atoms with Gasteiger partial charge in [0.25, 0.3) is 0 Å². The molecule has 0 aromatic rings. The molecule has 0 unspecified atom stereocenters. The van der Waals surface area contributed by atoms with Crippen molar-refractivity contribution in [2.24, 2.45) is 0 Å². The van der Waals surface area contributed by atoms with Crippen molar-refractivity contribution in [1.29, 1.82) is 0 Å². The van der Waals surface area contributed by atoms with Gasteiger partial charge in [0.2, 0.25) is 0 Å². The van der Waals surface area contributed by atoms with Crippen LogP contribution >= 0.6 is 0 Å². The molecule has 0 aromatic carbocycles. The SMILES string of the molecule is CCCC[Te].CCCC[Te].[Cd]. The molecule has 0 bridgehead atoms. The summed E-state index contributed by atoms with van der Waals surface area (Å²) in [5, 5.41) is 0. The zero-order chi connectivity index (χ0) is 8.24. The minimum absolute atomic E-state index is 0. The van der Waals surface area contributed by atoms with Crippen LogP contribution in [0.4, 0.5) is 0 Å². The summed E-state index contributed by atoms with van der Waals surface area (Å²) in [6.45, 7) is 4.43. The number of hydrogen-bond acceptors (Lipinski definition) is 0. The molecule has 0 rings (SSSR count). The monoisotopic (exact) mass is 488 g/mol. The first-order valence-corrected chi connectivity index (χ1v) is 7.29. The van der Waals surface area contributed by atoms with Crippen LogP contribution in [0.5, 0.6) is 0 Å². The maximum atomic E-state index is 2.21. The quantitative estimate of drug-likeness (QED) is 0.542. The Morgan fingerprint density at radius 3 is 1.09 bits per heavy atom. The predicted molar refractivity (Wildman–Crippen MR) is 50.9 cm³/mol. The zero-order valence-electron chi connectivity index (χ0n) is 7.77. The Labute approximate surface area is 119 Å². The minimum Gasteiger partial charge on any atom is 0 e. The third-order valence-corrected chi connectivity index (χ3v) is 2.64. The summed E-state index contributed by atoms with van der Waals surface area (Å²) in [4.78, 5) is 0. The molecule has 0 aliphatic heterocycles. The van der Waals surface area contributed by atoms with E-state index in [0.717, 1.165) is 0 Å². The van der Waals surface area contributed by atoms with Crippen LogP contribution in [0.2, 0.25) is 8.94 Å². The first-order valence-electron chi connectivity index (χ1n) is 3.99. The van der Waals surface area contributed by atoms with Crippen molar-refractivity contribution in [2.75, 3.05) is 0 Å². The van der Waals surface area contributed by atoms with Crippen molar-refractivity contribution in [3.05, 3.63) is 0 Å². The van der Waals surface area contributed by atoms with E-state index in [4.69, 9.17) is 0 Å². The second-order valence-corrected chi connectivity index (χ2v) is 4.45. The Balaban J connectivity index is -0.000000107. The van der Waals surface area contributed by atoms with Crippen LogP contribution in [0.15, 0.2) is 0 Å². The molecule has 0 aliphatic carbocycles. The smallest absolute Gasteiger partial charge is 0 e. The molecule has 0 heterocycles. The second kappa shape index (κ2) is 22.9. The maximum Gasteiger partial charge on any atom is 0 e. The van der Waals surface area contributed by atoms with Crippen LogP contribution < -0.4 is 0 Å². The van der Waals surface area contributed by atoms with E-state index in [1.54, 1.807) is 0 Å². The van der Waals surface area contributed by atoms with Crippen molar-refractivity contribution in [2.45, 2.75) is 48.5 Å². The fraction of sp³-hybridized carbons (Fsp3) is 1.00. The van der Waals surface area contributed by atoms with E-state index < -0.39 is 0 Å². The van der Waals surface area contributed by atoms with Crippen LogP contribution in [0, 0.1) is 0 Å². The summed E-state index contributed by atoms with van der Waals surface area (Å²) in [5.74, 6) is 0. The van der Waals surface area contributed by atoms with Crippen LogP contribution in [0.25, 0.3) is 0 Å². The van der Waals surface area contributed by atoms with Gasteiger partial charge in [0.15, 0.2) is 0 Å². The standard InChI is InChI=1S/2C4H9Te.Cd/c2*1-2-3-4-5;/h2*2-4H2,1H3;. The van der Waals surface area contributed by atoms with Crippen molar-refractivity contribution in [3.8, 4) is 0 Å². The molecule has 11 heavy (non-hydrogen) atoms.